The Hall–Kier alpha value is -6.69. The predicted molar refractivity (Wildman–Crippen MR) is 219 cm³/mol. The summed E-state index contributed by atoms with van der Waals surface area (Å²) in [6.45, 7) is 0. The van der Waals surface area contributed by atoms with Crippen LogP contribution in [0, 0.1) is 0 Å². The molecule has 8 aromatic carbocycles. The Bertz CT molecular complexity index is 3140. The van der Waals surface area contributed by atoms with Crippen molar-refractivity contribution in [3.8, 4) is 11.4 Å². The second-order valence-electron chi connectivity index (χ2n) is 14.1. The lowest BCUT2D eigenvalue weighted by atomic mass is 9.64. The van der Waals surface area contributed by atoms with E-state index in [1.807, 2.05) is 66.7 Å². The number of benzene rings is 8. The lowest BCUT2D eigenvalue weighted by molar-refractivity contribution is 0.580. The van der Waals surface area contributed by atoms with E-state index in [1.165, 1.54) is 10.8 Å². The van der Waals surface area contributed by atoms with E-state index in [4.69, 9.17) is 0 Å². The summed E-state index contributed by atoms with van der Waals surface area (Å²) in [5.74, 6) is 0. The lowest BCUT2D eigenvalue weighted by Crippen LogP contribution is -2.37. The van der Waals surface area contributed by atoms with Crippen LogP contribution in [0.5, 0.6) is 0 Å². The van der Waals surface area contributed by atoms with Gasteiger partial charge in [0.05, 0.1) is 32.4 Å². The highest BCUT2D eigenvalue weighted by Crippen LogP contribution is 2.55. The average Bonchev–Trinajstić information content (AvgIpc) is 3.75. The van der Waals surface area contributed by atoms with E-state index in [0.29, 0.717) is 15.3 Å². The molecule has 0 amide bonds. The minimum atomic E-state index is -4.03. The molecule has 0 saturated carbocycles. The molecule has 0 fully saturated rings. The van der Waals surface area contributed by atoms with Crippen LogP contribution in [0.1, 0.15) is 22.3 Å². The highest BCUT2D eigenvalue weighted by molar-refractivity contribution is 7.92. The van der Waals surface area contributed by atoms with E-state index in [0.717, 1.165) is 61.0 Å². The van der Waals surface area contributed by atoms with Gasteiger partial charge in [-0.05, 0) is 64.7 Å². The van der Waals surface area contributed by atoms with Crippen LogP contribution in [0.4, 0.5) is 0 Å². The standard InChI is InChI=1S/C49H32N2O2S/c52-54(53)46-29-14-10-25-41(46)49(33-16-3-1-4-17-33,34-18-5-2-6-19-34)42-31-30-40-39-24-9-13-28-45(39)51(47(40)48(42)54)36-21-15-20-35(32-36)50-43-26-11-7-22-37(43)38-23-8-12-27-44(38)50/h1-32H. The molecule has 4 nitrogen and oxygen atoms in total. The largest absolute Gasteiger partial charge is 0.309 e. The first-order valence-corrected chi connectivity index (χ1v) is 19.7. The molecule has 54 heavy (non-hydrogen) atoms. The van der Waals surface area contributed by atoms with Crippen molar-refractivity contribution in [3.05, 3.63) is 216 Å². The number of hydrogen-bond donors (Lipinski definition) is 0. The molecule has 2 aromatic heterocycles. The van der Waals surface area contributed by atoms with E-state index in [2.05, 4.69) is 130 Å². The molecule has 1 aliphatic heterocycles. The van der Waals surface area contributed by atoms with Crippen LogP contribution in [-0.4, -0.2) is 17.6 Å². The van der Waals surface area contributed by atoms with Crippen molar-refractivity contribution in [3.63, 3.8) is 0 Å². The number of para-hydroxylation sites is 3. The summed E-state index contributed by atoms with van der Waals surface area (Å²) in [6, 6.07) is 66.2. The Labute approximate surface area is 312 Å². The van der Waals surface area contributed by atoms with Gasteiger partial charge in [-0.1, -0.05) is 152 Å². The maximum Gasteiger partial charge on any atom is 0.209 e. The van der Waals surface area contributed by atoms with Gasteiger partial charge in [-0.25, -0.2) is 8.42 Å². The monoisotopic (exact) mass is 712 g/mol. The van der Waals surface area contributed by atoms with E-state index in [-0.39, 0.29) is 0 Å². The lowest BCUT2D eigenvalue weighted by Gasteiger charge is -2.42. The third-order valence-corrected chi connectivity index (χ3v) is 13.3. The Morgan fingerprint density at radius 2 is 0.870 bits per heavy atom. The summed E-state index contributed by atoms with van der Waals surface area (Å²) in [5, 5.41) is 4.26. The Morgan fingerprint density at radius 3 is 1.48 bits per heavy atom. The highest BCUT2D eigenvalue weighted by atomic mass is 32.2. The highest BCUT2D eigenvalue weighted by Gasteiger charge is 2.50. The van der Waals surface area contributed by atoms with Gasteiger partial charge < -0.3 is 9.13 Å². The van der Waals surface area contributed by atoms with Crippen LogP contribution in [0.15, 0.2) is 204 Å². The smallest absolute Gasteiger partial charge is 0.209 e. The number of hydrogen-bond acceptors (Lipinski definition) is 2. The van der Waals surface area contributed by atoms with Crippen molar-refractivity contribution in [2.75, 3.05) is 0 Å². The van der Waals surface area contributed by atoms with Crippen molar-refractivity contribution < 1.29 is 8.42 Å². The molecule has 0 saturated heterocycles. The van der Waals surface area contributed by atoms with Gasteiger partial charge in [0.25, 0.3) is 0 Å². The van der Waals surface area contributed by atoms with Crippen molar-refractivity contribution in [2.24, 2.45) is 0 Å². The van der Waals surface area contributed by atoms with Gasteiger partial charge >= 0.3 is 0 Å². The Morgan fingerprint density at radius 1 is 0.389 bits per heavy atom. The molecular weight excluding hydrogens is 681 g/mol. The fraction of sp³-hybridized carbons (Fsp3) is 0.0204. The van der Waals surface area contributed by atoms with Gasteiger partial charge in [-0.3, -0.25) is 0 Å². The zero-order valence-corrected chi connectivity index (χ0v) is 29.9. The maximum absolute atomic E-state index is 15.4. The van der Waals surface area contributed by atoms with Gasteiger partial charge in [-0.2, -0.15) is 0 Å². The predicted octanol–water partition coefficient (Wildman–Crippen LogP) is 11.4. The second-order valence-corrected chi connectivity index (χ2v) is 15.9. The van der Waals surface area contributed by atoms with Crippen LogP contribution in [-0.2, 0) is 15.3 Å². The minimum Gasteiger partial charge on any atom is -0.309 e. The molecule has 0 unspecified atom stereocenters. The normalized spacial score (nSPS) is 14.4. The Kier molecular flexibility index (Phi) is 6.52. The van der Waals surface area contributed by atoms with E-state index < -0.39 is 15.3 Å². The van der Waals surface area contributed by atoms with Crippen LogP contribution < -0.4 is 0 Å². The maximum atomic E-state index is 15.4. The summed E-state index contributed by atoms with van der Waals surface area (Å²) in [4.78, 5) is 0.665. The molecule has 5 heteroatoms. The van der Waals surface area contributed by atoms with Crippen LogP contribution in [0.2, 0.25) is 0 Å². The zero-order valence-electron chi connectivity index (χ0n) is 29.1. The van der Waals surface area contributed by atoms with Crippen LogP contribution in [0.3, 0.4) is 0 Å². The van der Waals surface area contributed by atoms with Crippen LogP contribution >= 0.6 is 0 Å². The molecule has 11 rings (SSSR count). The molecule has 1 aliphatic rings. The molecule has 0 bridgehead atoms. The topological polar surface area (TPSA) is 44.0 Å². The second kappa shape index (κ2) is 11.4. The number of sulfone groups is 1. The fourth-order valence-corrected chi connectivity index (χ4v) is 11.2. The molecule has 256 valence electrons. The van der Waals surface area contributed by atoms with Gasteiger partial charge in [-0.15, -0.1) is 0 Å². The Balaban J connectivity index is 1.30. The SMILES string of the molecule is O=S1(=O)c2ccccc2C(c2ccccc2)(c2ccccc2)c2ccc3c4ccccc4n(-c4cccc(-n5c6ccccc6c6ccccc65)c4)c3c21. The summed E-state index contributed by atoms with van der Waals surface area (Å²) < 4.78 is 35.4. The van der Waals surface area contributed by atoms with E-state index >= 15 is 8.42 Å². The molecule has 3 heterocycles. The zero-order chi connectivity index (χ0) is 36.0. The minimum absolute atomic E-state index is 0.327. The van der Waals surface area contributed by atoms with Crippen LogP contribution in [0.25, 0.3) is 55.0 Å². The van der Waals surface area contributed by atoms with Gasteiger partial charge in [0, 0.05) is 32.9 Å². The summed E-state index contributed by atoms with van der Waals surface area (Å²) >= 11 is 0. The van der Waals surface area contributed by atoms with Gasteiger partial charge in [0.1, 0.15) is 4.90 Å². The molecule has 10 aromatic rings. The molecule has 0 N–H and O–H groups in total. The number of fused-ring (bicyclic) bond motifs is 9. The number of nitrogens with zero attached hydrogens (tertiary/aromatic N) is 2. The molecule has 0 aliphatic carbocycles. The third-order valence-electron chi connectivity index (χ3n) is 11.4. The quantitative estimate of drug-likeness (QED) is 0.182. The number of rotatable bonds is 4. The average molecular weight is 713 g/mol. The first kappa shape index (κ1) is 30.9. The van der Waals surface area contributed by atoms with E-state index in [1.54, 1.807) is 6.07 Å². The summed E-state index contributed by atoms with van der Waals surface area (Å²) in [7, 11) is -4.03. The molecular formula is C49H32N2O2S. The van der Waals surface area contributed by atoms with Crippen molar-refractivity contribution in [1.82, 2.24) is 9.13 Å². The first-order valence-electron chi connectivity index (χ1n) is 18.2. The van der Waals surface area contributed by atoms with Crippen molar-refractivity contribution >= 4 is 53.4 Å². The van der Waals surface area contributed by atoms with Gasteiger partial charge in [0.15, 0.2) is 0 Å². The van der Waals surface area contributed by atoms with Crippen molar-refractivity contribution in [1.29, 1.82) is 0 Å². The van der Waals surface area contributed by atoms with Gasteiger partial charge in [0.2, 0.25) is 9.84 Å². The number of aromatic nitrogens is 2. The van der Waals surface area contributed by atoms with E-state index in [9.17, 15) is 0 Å². The molecule has 0 spiro atoms. The summed E-state index contributed by atoms with van der Waals surface area (Å²) in [6.07, 6.45) is 0. The summed E-state index contributed by atoms with van der Waals surface area (Å²) in [5.41, 5.74) is 8.35. The van der Waals surface area contributed by atoms with Crippen molar-refractivity contribution in [2.45, 2.75) is 15.2 Å². The third kappa shape index (κ3) is 4.04. The molecule has 0 radical (unpaired) electrons. The molecule has 0 atom stereocenters. The first-order chi connectivity index (χ1) is 26.6. The fourth-order valence-electron chi connectivity index (χ4n) is 9.27.